The SMILES string of the molecule is CC(C)C(=O)[C@@H]1CC[C@@H]1C(=O)N(C)C.CC(C)C(=O)[C@@H]1CC[C@@H]1C(=O)NC(C)(C)C.CC(C)C(=O)[C@@H]1CC[C@@H]1[N+](C)=O.CC(C)C(=O)[C@@H]1CC[C@H]1C(=O)O.CC(C)C(=O)[C@@H]1CC[C@H]1[N+](C)=O.CCNC(=O)[C@H]1CC[C@H]1C(=O)C(C)C.CNC(=O)[C@@H]1CC[C@H]1C(=O)C(C)C.CNC(=O)[C@H]1CC[C@H]1C(=O)C(C)C.COC(=O)[C@@H]1CC[C@H]1C(=O)C(C)C. The van der Waals surface area contributed by atoms with E-state index >= 15 is 0 Å². The molecule has 0 spiro atoms. The smallest absolute Gasteiger partial charge is 0.309 e. The second-order valence-corrected chi connectivity index (χ2v) is 38.1. The van der Waals surface area contributed by atoms with Gasteiger partial charge in [-0.1, -0.05) is 125 Å². The minimum atomic E-state index is -0.819. The van der Waals surface area contributed by atoms with Crippen LogP contribution in [0.4, 0.5) is 0 Å². The van der Waals surface area contributed by atoms with Crippen molar-refractivity contribution in [1.82, 2.24) is 26.2 Å². The van der Waals surface area contributed by atoms with Gasteiger partial charge in [0.2, 0.25) is 41.6 Å². The number of aliphatic carboxylic acids is 1. The lowest BCUT2D eigenvalue weighted by Gasteiger charge is -2.37. The van der Waals surface area contributed by atoms with E-state index in [0.29, 0.717) is 13.0 Å². The molecule has 0 aromatic heterocycles. The normalized spacial score (nSPS) is 26.8. The molecule has 0 bridgehead atoms. The minimum Gasteiger partial charge on any atom is -0.481 e. The molecule has 119 heavy (non-hydrogen) atoms. The first-order valence-corrected chi connectivity index (χ1v) is 44.3. The van der Waals surface area contributed by atoms with Crippen molar-refractivity contribution in [3.05, 3.63) is 9.81 Å². The van der Waals surface area contributed by atoms with Crippen LogP contribution in [-0.4, -0.2) is 187 Å². The lowest BCUT2D eigenvalue weighted by molar-refractivity contribution is -0.578. The molecule has 0 heterocycles. The number of ether oxygens (including phenoxy) is 1. The fraction of sp³-hybridized carbons (Fsp3) is 0.826. The van der Waals surface area contributed by atoms with Crippen LogP contribution in [0.2, 0.25) is 0 Å². The Morgan fingerprint density at radius 2 is 0.546 bits per heavy atom. The molecular formula is C92H157N7O20+2. The number of Topliss-reactive ketones (excluding diaryl/α,β-unsaturated/α-hetero) is 9. The lowest BCUT2D eigenvalue weighted by Crippen LogP contribution is -2.50. The third-order valence-corrected chi connectivity index (χ3v) is 25.0. The Balaban J connectivity index is 0.000000670. The highest BCUT2D eigenvalue weighted by Gasteiger charge is 2.50. The fourth-order valence-electron chi connectivity index (χ4n) is 16.0. The quantitative estimate of drug-likeness (QED) is 0.0359. The Hall–Kier alpha value is -7.48. The summed E-state index contributed by atoms with van der Waals surface area (Å²) in [6.45, 7) is 42.3. The first-order chi connectivity index (χ1) is 55.1. The fourth-order valence-corrected chi connectivity index (χ4v) is 16.0. The maximum atomic E-state index is 11.9. The second-order valence-electron chi connectivity index (χ2n) is 38.1. The molecule has 9 fully saturated rings. The van der Waals surface area contributed by atoms with Crippen molar-refractivity contribution in [2.24, 2.45) is 148 Å². The van der Waals surface area contributed by atoms with Crippen molar-refractivity contribution in [2.45, 2.75) is 286 Å². The first-order valence-electron chi connectivity index (χ1n) is 44.3. The van der Waals surface area contributed by atoms with Crippen molar-refractivity contribution in [3.8, 4) is 0 Å². The highest BCUT2D eigenvalue weighted by Crippen LogP contribution is 2.43. The number of nitrogens with zero attached hydrogens (tertiary/aromatic N) is 3. The second kappa shape index (κ2) is 51.4. The summed E-state index contributed by atoms with van der Waals surface area (Å²) in [4.78, 5) is 207. The molecule has 27 nitrogen and oxygen atoms in total. The van der Waals surface area contributed by atoms with E-state index in [4.69, 9.17) is 5.11 Å². The van der Waals surface area contributed by atoms with Crippen molar-refractivity contribution in [3.63, 3.8) is 0 Å². The predicted molar refractivity (Wildman–Crippen MR) is 457 cm³/mol. The highest BCUT2D eigenvalue weighted by atomic mass is 16.5. The van der Waals surface area contributed by atoms with Gasteiger partial charge in [-0.2, -0.15) is 0 Å². The van der Waals surface area contributed by atoms with E-state index in [1.54, 1.807) is 33.1 Å². The van der Waals surface area contributed by atoms with Crippen LogP contribution in [-0.2, 0) is 81.4 Å². The van der Waals surface area contributed by atoms with Gasteiger partial charge >= 0.3 is 11.9 Å². The highest BCUT2D eigenvalue weighted by molar-refractivity contribution is 5.95. The number of carboxylic acid groups (broad SMARTS) is 1. The number of nitrogens with one attached hydrogen (secondary N) is 4. The van der Waals surface area contributed by atoms with E-state index in [0.717, 1.165) is 119 Å². The molecule has 0 aromatic rings. The molecule has 0 aliphatic heterocycles. The zero-order chi connectivity index (χ0) is 92.0. The van der Waals surface area contributed by atoms with E-state index in [-0.39, 0.29) is 247 Å². The molecule has 5 N–H and O–H groups in total. The van der Waals surface area contributed by atoms with E-state index < -0.39 is 11.9 Å². The number of rotatable bonds is 28. The van der Waals surface area contributed by atoms with Gasteiger partial charge in [0.05, 0.1) is 30.8 Å². The Labute approximate surface area is 711 Å². The topological polar surface area (TPSA) is 394 Å². The molecule has 0 saturated heterocycles. The van der Waals surface area contributed by atoms with Crippen LogP contribution in [0.5, 0.6) is 0 Å². The summed E-state index contributed by atoms with van der Waals surface area (Å²) in [7, 11) is 11.1. The van der Waals surface area contributed by atoms with E-state index in [1.807, 2.05) is 152 Å². The van der Waals surface area contributed by atoms with Crippen molar-refractivity contribution >= 4 is 93.5 Å². The van der Waals surface area contributed by atoms with Crippen molar-refractivity contribution in [2.75, 3.05) is 55.9 Å². The maximum Gasteiger partial charge on any atom is 0.309 e. The number of methoxy groups -OCH3 is 1. The maximum absolute atomic E-state index is 11.9. The van der Waals surface area contributed by atoms with Gasteiger partial charge in [-0.15, -0.1) is 0 Å². The van der Waals surface area contributed by atoms with Crippen LogP contribution in [0.25, 0.3) is 0 Å². The van der Waals surface area contributed by atoms with E-state index in [9.17, 15) is 86.5 Å². The van der Waals surface area contributed by atoms with Gasteiger partial charge < -0.3 is 36.0 Å². The van der Waals surface area contributed by atoms with Crippen LogP contribution in [0, 0.1) is 158 Å². The van der Waals surface area contributed by atoms with E-state index in [2.05, 4.69) is 26.0 Å². The number of carboxylic acids is 1. The molecule has 9 aliphatic carbocycles. The largest absolute Gasteiger partial charge is 0.481 e. The average Bonchev–Trinajstić information content (AvgIpc) is 0.775. The van der Waals surface area contributed by atoms with Gasteiger partial charge in [0.1, 0.15) is 52.0 Å². The molecule has 0 aromatic carbocycles. The van der Waals surface area contributed by atoms with Crippen LogP contribution < -0.4 is 21.3 Å². The molecule has 9 aliphatic rings. The van der Waals surface area contributed by atoms with Crippen LogP contribution in [0.3, 0.4) is 0 Å². The number of nitroso groups, excluding NO2 is 2. The van der Waals surface area contributed by atoms with Crippen LogP contribution in [0.15, 0.2) is 0 Å². The molecule has 5 amide bonds. The number of amides is 5. The van der Waals surface area contributed by atoms with E-state index in [1.165, 1.54) is 21.2 Å². The van der Waals surface area contributed by atoms with Gasteiger partial charge in [0.25, 0.3) is 0 Å². The molecule has 9 saturated carbocycles. The number of carbonyl (C=O) groups is 16. The molecule has 9 rings (SSSR count). The lowest BCUT2D eigenvalue weighted by atomic mass is 9.68. The molecular weight excluding hydrogens is 1520 g/mol. The van der Waals surface area contributed by atoms with Gasteiger partial charge in [0.15, 0.2) is 14.1 Å². The van der Waals surface area contributed by atoms with Gasteiger partial charge in [0, 0.05) is 187 Å². The molecule has 0 unspecified atom stereocenters. The summed E-state index contributed by atoms with van der Waals surface area (Å²) in [5.41, 5.74) is -0.210. The number of esters is 1. The summed E-state index contributed by atoms with van der Waals surface area (Å²) in [6, 6.07) is -0.0835. The first kappa shape index (κ1) is 110. The minimum absolute atomic E-state index is 0.00694. The van der Waals surface area contributed by atoms with Crippen molar-refractivity contribution < 1.29 is 96.1 Å². The zero-order valence-corrected chi connectivity index (χ0v) is 78.1. The van der Waals surface area contributed by atoms with Crippen molar-refractivity contribution in [1.29, 1.82) is 0 Å². The molecule has 0 radical (unpaired) electrons. The third-order valence-electron chi connectivity index (χ3n) is 25.0. The summed E-state index contributed by atoms with van der Waals surface area (Å²) in [5.74, 6) is 0.335. The number of hydrogen-bond donors (Lipinski definition) is 5. The van der Waals surface area contributed by atoms with Gasteiger partial charge in [-0.25, -0.2) is 0 Å². The summed E-state index contributed by atoms with van der Waals surface area (Å²) < 4.78 is 6.47. The van der Waals surface area contributed by atoms with Gasteiger partial charge in [-0.3, -0.25) is 76.7 Å². The third kappa shape index (κ3) is 32.7. The van der Waals surface area contributed by atoms with Crippen LogP contribution in [0.1, 0.15) is 268 Å². The zero-order valence-electron chi connectivity index (χ0n) is 78.1. The summed E-state index contributed by atoms with van der Waals surface area (Å²) >= 11 is 0. The summed E-state index contributed by atoms with van der Waals surface area (Å²) in [6.07, 6.45) is 15.4. The Bertz CT molecular complexity index is 3220. The molecule has 18 atom stereocenters. The Morgan fingerprint density at radius 3 is 0.723 bits per heavy atom. The molecule has 27 heteroatoms. The predicted octanol–water partition coefficient (Wildman–Crippen LogP) is 12.4. The van der Waals surface area contributed by atoms with Crippen LogP contribution >= 0.6 is 0 Å². The molecule has 678 valence electrons. The Morgan fingerprint density at radius 1 is 0.336 bits per heavy atom. The monoisotopic (exact) mass is 1680 g/mol. The standard InChI is InChI=1S/C13H23NO2.2C11H19NO2.2C10H17NO2.C10H16O3.2C9H16NO2.C9H14O3/c1-8(2)11(15)9-6-7-10(9)12(16)14-13(3,4)5;1-7(2)10(13)8-5-6-9(8)11(14)12(3)4;1-4-12-11(14)9-6-5-8(9)10(13)7(2)3;2*1-6(2)9(12)7-4-5-8(7)10(13)11-3;1-6(2)9(11)7-4-5-8(7)10(12)13-3;2*1-6(2)9(11)7-4-5-8(7)10(3)12;1-5(2)8(10)6-3-4-7(6)9(11)12/h8-10H,6-7H2,1-5H3,(H,14,16);7-9H,5-6H2,1-4H3;7-9H,4-6H2,1-3H3,(H,12,14);2*6-8H,4-5H2,1-3H3,(H,11,13);6-8H,4-5H2,1-3H3;2*6-8H,4-5H2,1-3H3;5-7H,3-4H2,1-2H3,(H,11,12)/q;;;;;;2*+1;/t9-,10+;2*8-,9+;7-,8+;2*7-,8-;7-,8+;7-,8-;6-,7-/m111111111/s1. The number of ketones is 9. The number of carbonyl (C=O) groups excluding carboxylic acids is 15. The summed E-state index contributed by atoms with van der Waals surface area (Å²) in [5, 5.41) is 19.6. The average molecular weight is 1680 g/mol. The van der Waals surface area contributed by atoms with Gasteiger partial charge in [-0.05, 0) is 140 Å². The number of hydrogen-bond acceptors (Lipinski definition) is 19. The Kier molecular flexibility index (Phi) is 47.4.